The van der Waals surface area contributed by atoms with E-state index < -0.39 is 34.8 Å². The van der Waals surface area contributed by atoms with Crippen LogP contribution in [0.25, 0.3) is 0 Å². The fraction of sp³-hybridized carbons (Fsp3) is 0.500. The van der Waals surface area contributed by atoms with Gasteiger partial charge in [-0.25, -0.2) is 9.00 Å². The standard InChI is InChI=1S/C26H36N2O7S2/c1-25(2,3)17-8-10-18(11-9-17)28(37(32)33)20(24(31)35-26(4,5)6)16-27-23(30)21-14-12-19(36-21)13-15-22(29)34-7/h8-12,14,20H,13,15-16H2,1-7H3,(H,27,30)(H,32,33). The van der Waals surface area contributed by atoms with Gasteiger partial charge in [-0.3, -0.25) is 18.4 Å². The number of rotatable bonds is 10. The van der Waals surface area contributed by atoms with Gasteiger partial charge < -0.3 is 14.8 Å². The number of anilines is 1. The second kappa shape index (κ2) is 12.7. The molecule has 204 valence electrons. The van der Waals surface area contributed by atoms with Crippen LogP contribution in [0.2, 0.25) is 0 Å². The van der Waals surface area contributed by atoms with E-state index in [0.717, 1.165) is 14.7 Å². The highest BCUT2D eigenvalue weighted by atomic mass is 32.2. The van der Waals surface area contributed by atoms with Crippen LogP contribution in [0.1, 0.15) is 68.1 Å². The molecule has 2 atom stereocenters. The molecule has 0 fully saturated rings. The van der Waals surface area contributed by atoms with Gasteiger partial charge in [-0.15, -0.1) is 11.3 Å². The lowest BCUT2D eigenvalue weighted by molar-refractivity contribution is -0.156. The molecule has 9 nitrogen and oxygen atoms in total. The molecule has 0 aliphatic rings. The van der Waals surface area contributed by atoms with Crippen LogP contribution in [0.15, 0.2) is 36.4 Å². The Morgan fingerprint density at radius 3 is 2.19 bits per heavy atom. The van der Waals surface area contributed by atoms with Crippen molar-refractivity contribution in [2.24, 2.45) is 0 Å². The molecule has 1 aromatic carbocycles. The van der Waals surface area contributed by atoms with Crippen molar-refractivity contribution in [2.75, 3.05) is 18.0 Å². The van der Waals surface area contributed by atoms with Gasteiger partial charge in [0, 0.05) is 4.88 Å². The smallest absolute Gasteiger partial charge is 0.332 e. The van der Waals surface area contributed by atoms with Gasteiger partial charge >= 0.3 is 11.9 Å². The maximum absolute atomic E-state index is 13.1. The minimum Gasteiger partial charge on any atom is -0.469 e. The summed E-state index contributed by atoms with van der Waals surface area (Å²) in [5.74, 6) is -1.54. The van der Waals surface area contributed by atoms with Crippen LogP contribution in [0.3, 0.4) is 0 Å². The predicted molar refractivity (Wildman–Crippen MR) is 145 cm³/mol. The Morgan fingerprint density at radius 2 is 1.68 bits per heavy atom. The molecule has 37 heavy (non-hydrogen) atoms. The number of carbonyl (C=O) groups excluding carboxylic acids is 3. The van der Waals surface area contributed by atoms with E-state index in [0.29, 0.717) is 17.0 Å². The lowest BCUT2D eigenvalue weighted by Gasteiger charge is -2.31. The Balaban J connectivity index is 2.27. The fourth-order valence-electron chi connectivity index (χ4n) is 3.36. The minimum absolute atomic E-state index is 0.128. The van der Waals surface area contributed by atoms with Crippen molar-refractivity contribution in [1.82, 2.24) is 5.32 Å². The first kappa shape index (κ1) is 30.5. The van der Waals surface area contributed by atoms with Gasteiger partial charge in [0.15, 0.2) is 6.04 Å². The molecule has 0 bridgehead atoms. The number of aryl methyl sites for hydroxylation is 1. The Kier molecular flexibility index (Phi) is 10.4. The molecule has 11 heteroatoms. The van der Waals surface area contributed by atoms with E-state index in [1.807, 2.05) is 12.1 Å². The third-order valence-electron chi connectivity index (χ3n) is 5.26. The average Bonchev–Trinajstić information content (AvgIpc) is 3.27. The van der Waals surface area contributed by atoms with Crippen LogP contribution in [0.4, 0.5) is 5.69 Å². The number of ether oxygens (including phenoxy) is 2. The van der Waals surface area contributed by atoms with Gasteiger partial charge in [-0.1, -0.05) is 32.9 Å². The first-order valence-electron chi connectivity index (χ1n) is 11.8. The zero-order valence-electron chi connectivity index (χ0n) is 22.3. The normalized spacial score (nSPS) is 13.4. The number of nitrogens with zero attached hydrogens (tertiary/aromatic N) is 1. The van der Waals surface area contributed by atoms with E-state index in [-0.39, 0.29) is 24.3 Å². The molecule has 1 aromatic heterocycles. The first-order chi connectivity index (χ1) is 17.1. The quantitative estimate of drug-likeness (QED) is 0.334. The summed E-state index contributed by atoms with van der Waals surface area (Å²) in [7, 11) is 1.32. The highest BCUT2D eigenvalue weighted by Crippen LogP contribution is 2.27. The highest BCUT2D eigenvalue weighted by molar-refractivity contribution is 7.80. The fourth-order valence-corrected chi connectivity index (χ4v) is 4.96. The van der Waals surface area contributed by atoms with Crippen molar-refractivity contribution in [1.29, 1.82) is 0 Å². The molecule has 1 heterocycles. The number of thiophene rings is 1. The van der Waals surface area contributed by atoms with Crippen molar-refractivity contribution in [3.8, 4) is 0 Å². The lowest BCUT2D eigenvalue weighted by atomic mass is 9.87. The van der Waals surface area contributed by atoms with Crippen molar-refractivity contribution in [2.45, 2.75) is 71.4 Å². The van der Waals surface area contributed by atoms with Crippen LogP contribution >= 0.6 is 11.3 Å². The molecule has 0 spiro atoms. The predicted octanol–water partition coefficient (Wildman–Crippen LogP) is 4.23. The topological polar surface area (TPSA) is 122 Å². The van der Waals surface area contributed by atoms with Crippen LogP contribution in [-0.4, -0.2) is 51.9 Å². The zero-order valence-corrected chi connectivity index (χ0v) is 24.0. The van der Waals surface area contributed by atoms with E-state index in [1.165, 1.54) is 18.4 Å². The summed E-state index contributed by atoms with van der Waals surface area (Å²) < 4.78 is 33.8. The van der Waals surface area contributed by atoms with E-state index >= 15 is 0 Å². The summed E-state index contributed by atoms with van der Waals surface area (Å²) in [4.78, 5) is 38.6. The summed E-state index contributed by atoms with van der Waals surface area (Å²) in [5, 5.41) is 2.69. The second-order valence-electron chi connectivity index (χ2n) is 10.5. The van der Waals surface area contributed by atoms with E-state index in [2.05, 4.69) is 30.8 Å². The van der Waals surface area contributed by atoms with Crippen molar-refractivity contribution >= 4 is 46.1 Å². The van der Waals surface area contributed by atoms with Crippen molar-refractivity contribution in [3.05, 3.63) is 51.7 Å². The van der Waals surface area contributed by atoms with Gasteiger partial charge in [0.05, 0.1) is 30.6 Å². The van der Waals surface area contributed by atoms with Gasteiger partial charge in [0.1, 0.15) is 5.60 Å². The molecule has 2 unspecified atom stereocenters. The maximum Gasteiger partial charge on any atom is 0.332 e. The molecule has 0 saturated carbocycles. The van der Waals surface area contributed by atoms with Crippen LogP contribution < -0.4 is 9.62 Å². The highest BCUT2D eigenvalue weighted by Gasteiger charge is 2.34. The molecule has 0 saturated heterocycles. The number of benzene rings is 1. The van der Waals surface area contributed by atoms with Crippen LogP contribution in [-0.2, 0) is 42.2 Å². The van der Waals surface area contributed by atoms with E-state index in [1.54, 1.807) is 45.0 Å². The van der Waals surface area contributed by atoms with Crippen molar-refractivity contribution in [3.63, 3.8) is 0 Å². The molecule has 0 radical (unpaired) electrons. The van der Waals surface area contributed by atoms with Gasteiger partial charge in [-0.2, -0.15) is 0 Å². The van der Waals surface area contributed by atoms with Crippen LogP contribution in [0, 0.1) is 0 Å². The maximum atomic E-state index is 13.1. The number of hydrogen-bond acceptors (Lipinski definition) is 7. The first-order valence-corrected chi connectivity index (χ1v) is 13.7. The Morgan fingerprint density at radius 1 is 1.05 bits per heavy atom. The molecule has 1 amide bonds. The molecule has 2 aromatic rings. The zero-order chi connectivity index (χ0) is 28.0. The third kappa shape index (κ3) is 9.24. The second-order valence-corrected chi connectivity index (χ2v) is 12.5. The summed E-state index contributed by atoms with van der Waals surface area (Å²) >= 11 is -1.36. The number of carbonyl (C=O) groups is 3. The molecule has 2 N–H and O–H groups in total. The largest absolute Gasteiger partial charge is 0.469 e. The Labute approximate surface area is 225 Å². The molecule has 0 aliphatic heterocycles. The SMILES string of the molecule is COC(=O)CCc1ccc(C(=O)NCC(C(=O)OC(C)(C)C)N(c2ccc(C(C)(C)C)cc2)S(=O)O)s1. The number of hydrogen-bond donors (Lipinski definition) is 2. The van der Waals surface area contributed by atoms with Crippen LogP contribution in [0.5, 0.6) is 0 Å². The van der Waals surface area contributed by atoms with E-state index in [9.17, 15) is 23.1 Å². The number of esters is 2. The summed E-state index contributed by atoms with van der Waals surface area (Å²) in [6.07, 6.45) is 0.636. The summed E-state index contributed by atoms with van der Waals surface area (Å²) in [6, 6.07) is 9.11. The minimum atomic E-state index is -2.58. The Hall–Kier alpha value is -2.76. The molecule has 0 aliphatic carbocycles. The monoisotopic (exact) mass is 552 g/mol. The van der Waals surface area contributed by atoms with Crippen molar-refractivity contribution < 1.29 is 32.6 Å². The number of nitrogens with one attached hydrogen (secondary N) is 1. The molecule has 2 rings (SSSR count). The number of amides is 1. The van der Waals surface area contributed by atoms with E-state index in [4.69, 9.17) is 4.74 Å². The summed E-state index contributed by atoms with van der Waals surface area (Å²) in [5.41, 5.74) is 0.375. The third-order valence-corrected chi connectivity index (χ3v) is 7.21. The molecular weight excluding hydrogens is 516 g/mol. The molecular formula is C26H36N2O7S2. The average molecular weight is 553 g/mol. The lowest BCUT2D eigenvalue weighted by Crippen LogP contribution is -2.51. The van der Waals surface area contributed by atoms with Gasteiger partial charge in [0.25, 0.3) is 17.2 Å². The van der Waals surface area contributed by atoms with Gasteiger partial charge in [-0.05, 0) is 62.4 Å². The Bertz CT molecular complexity index is 1120. The summed E-state index contributed by atoms with van der Waals surface area (Å²) in [6.45, 7) is 11.0. The van der Waals surface area contributed by atoms with Gasteiger partial charge in [0.2, 0.25) is 0 Å². The number of methoxy groups -OCH3 is 1.